The highest BCUT2D eigenvalue weighted by Crippen LogP contribution is 2.27. The van der Waals surface area contributed by atoms with Crippen LogP contribution >= 0.6 is 0 Å². The Morgan fingerprint density at radius 1 is 1.00 bits per heavy atom. The number of carbonyl (C=O) groups is 2. The Labute approximate surface area is 167 Å². The number of nitro benzene ring substituents is 1. The molecular weight excluding hydrogens is 380 g/mol. The summed E-state index contributed by atoms with van der Waals surface area (Å²) in [6.45, 7) is 4.95. The van der Waals surface area contributed by atoms with Gasteiger partial charge in [0, 0.05) is 6.07 Å². The number of anilines is 1. The van der Waals surface area contributed by atoms with Crippen LogP contribution in [-0.2, 0) is 14.3 Å². The van der Waals surface area contributed by atoms with Gasteiger partial charge in [0.25, 0.3) is 11.6 Å². The second-order valence-corrected chi connectivity index (χ2v) is 6.11. The van der Waals surface area contributed by atoms with Gasteiger partial charge in [0.15, 0.2) is 13.2 Å². The molecule has 0 aliphatic heterocycles. The molecule has 9 nitrogen and oxygen atoms in total. The van der Waals surface area contributed by atoms with Crippen molar-refractivity contribution in [1.29, 1.82) is 0 Å². The lowest BCUT2D eigenvalue weighted by Crippen LogP contribution is -2.24. The first kappa shape index (κ1) is 21.7. The van der Waals surface area contributed by atoms with Crippen LogP contribution in [0.5, 0.6) is 11.5 Å². The maximum absolute atomic E-state index is 12.0. The maximum Gasteiger partial charge on any atom is 0.344 e. The smallest absolute Gasteiger partial charge is 0.344 e. The summed E-state index contributed by atoms with van der Waals surface area (Å²) < 4.78 is 15.4. The van der Waals surface area contributed by atoms with Gasteiger partial charge < -0.3 is 19.5 Å². The van der Waals surface area contributed by atoms with E-state index < -0.39 is 23.4 Å². The van der Waals surface area contributed by atoms with Crippen molar-refractivity contribution in [2.75, 3.05) is 25.1 Å². The fourth-order valence-corrected chi connectivity index (χ4v) is 2.37. The van der Waals surface area contributed by atoms with Crippen molar-refractivity contribution in [3.05, 3.63) is 57.6 Å². The number of nitro groups is 1. The van der Waals surface area contributed by atoms with Crippen LogP contribution in [0.1, 0.15) is 18.1 Å². The molecule has 0 unspecified atom stereocenters. The zero-order valence-electron chi connectivity index (χ0n) is 16.4. The van der Waals surface area contributed by atoms with Gasteiger partial charge in [-0.3, -0.25) is 14.9 Å². The predicted octanol–water partition coefficient (Wildman–Crippen LogP) is 3.17. The third kappa shape index (κ3) is 6.49. The average molecular weight is 402 g/mol. The number of hydrogen-bond donors (Lipinski definition) is 1. The van der Waals surface area contributed by atoms with E-state index in [4.69, 9.17) is 14.2 Å². The molecule has 29 heavy (non-hydrogen) atoms. The van der Waals surface area contributed by atoms with E-state index >= 15 is 0 Å². The third-order valence-corrected chi connectivity index (χ3v) is 3.94. The van der Waals surface area contributed by atoms with E-state index in [0.29, 0.717) is 18.1 Å². The molecule has 9 heteroatoms. The van der Waals surface area contributed by atoms with Crippen molar-refractivity contribution in [3.63, 3.8) is 0 Å². The van der Waals surface area contributed by atoms with Gasteiger partial charge in [-0.1, -0.05) is 0 Å². The maximum atomic E-state index is 12.0. The van der Waals surface area contributed by atoms with Gasteiger partial charge in [0.1, 0.15) is 17.2 Å². The summed E-state index contributed by atoms with van der Waals surface area (Å²) in [4.78, 5) is 34.3. The molecule has 0 saturated carbocycles. The number of amides is 1. The van der Waals surface area contributed by atoms with Crippen LogP contribution in [-0.4, -0.2) is 36.6 Å². The van der Waals surface area contributed by atoms with Crippen molar-refractivity contribution in [3.8, 4) is 11.5 Å². The Balaban J connectivity index is 1.84. The lowest BCUT2D eigenvalue weighted by molar-refractivity contribution is -0.384. The van der Waals surface area contributed by atoms with Crippen molar-refractivity contribution < 1.29 is 28.7 Å². The summed E-state index contributed by atoms with van der Waals surface area (Å²) in [7, 11) is 0. The number of aryl methyl sites for hydroxylation is 2. The summed E-state index contributed by atoms with van der Waals surface area (Å²) in [6.07, 6.45) is 0. The summed E-state index contributed by atoms with van der Waals surface area (Å²) in [5, 5.41) is 13.5. The van der Waals surface area contributed by atoms with Crippen LogP contribution in [0.15, 0.2) is 36.4 Å². The summed E-state index contributed by atoms with van der Waals surface area (Å²) in [6, 6.07) is 9.57. The van der Waals surface area contributed by atoms with Gasteiger partial charge in [-0.05, 0) is 62.2 Å². The highest BCUT2D eigenvalue weighted by molar-refractivity contribution is 5.95. The number of nitrogens with zero attached hydrogens (tertiary/aromatic N) is 1. The molecular formula is C20H22N2O7. The average Bonchev–Trinajstić information content (AvgIpc) is 2.68. The van der Waals surface area contributed by atoms with E-state index in [-0.39, 0.29) is 18.0 Å². The molecule has 0 aromatic heterocycles. The molecule has 0 bridgehead atoms. The first-order chi connectivity index (χ1) is 13.8. The minimum Gasteiger partial charge on any atom is -0.494 e. The van der Waals surface area contributed by atoms with Gasteiger partial charge in [0.05, 0.1) is 11.5 Å². The highest BCUT2D eigenvalue weighted by atomic mass is 16.6. The first-order valence-corrected chi connectivity index (χ1v) is 8.87. The molecule has 0 saturated heterocycles. The van der Waals surface area contributed by atoms with Crippen LogP contribution in [0.25, 0.3) is 0 Å². The molecule has 0 atom stereocenters. The van der Waals surface area contributed by atoms with E-state index in [0.717, 1.165) is 11.1 Å². The molecule has 1 amide bonds. The molecule has 2 rings (SSSR count). The second-order valence-electron chi connectivity index (χ2n) is 6.11. The zero-order chi connectivity index (χ0) is 21.4. The summed E-state index contributed by atoms with van der Waals surface area (Å²) in [5.41, 5.74) is 1.33. The lowest BCUT2D eigenvalue weighted by Gasteiger charge is -2.10. The second kappa shape index (κ2) is 10.1. The van der Waals surface area contributed by atoms with Gasteiger partial charge in [0.2, 0.25) is 0 Å². The minimum absolute atomic E-state index is 0.0461. The number of benzene rings is 2. The number of esters is 1. The molecule has 2 aromatic rings. The van der Waals surface area contributed by atoms with Crippen molar-refractivity contribution >= 4 is 23.3 Å². The SMILES string of the molecule is CCOc1ccc(OCC(=O)OCC(=O)Nc2cc(C)c(C)cc2[N+](=O)[O-])cc1. The Hall–Kier alpha value is -3.62. The highest BCUT2D eigenvalue weighted by Gasteiger charge is 2.18. The Morgan fingerprint density at radius 2 is 1.59 bits per heavy atom. The third-order valence-electron chi connectivity index (χ3n) is 3.94. The molecule has 0 heterocycles. The fraction of sp³-hybridized carbons (Fsp3) is 0.300. The van der Waals surface area contributed by atoms with E-state index in [9.17, 15) is 19.7 Å². The van der Waals surface area contributed by atoms with Crippen LogP contribution < -0.4 is 14.8 Å². The Morgan fingerprint density at radius 3 is 2.17 bits per heavy atom. The Bertz CT molecular complexity index is 894. The lowest BCUT2D eigenvalue weighted by atomic mass is 10.1. The van der Waals surface area contributed by atoms with Crippen molar-refractivity contribution in [2.45, 2.75) is 20.8 Å². The monoisotopic (exact) mass is 402 g/mol. The number of carbonyl (C=O) groups excluding carboxylic acids is 2. The quantitative estimate of drug-likeness (QED) is 0.389. The number of nitrogens with one attached hydrogen (secondary N) is 1. The van der Waals surface area contributed by atoms with Gasteiger partial charge in [-0.15, -0.1) is 0 Å². The fourth-order valence-electron chi connectivity index (χ4n) is 2.37. The van der Waals surface area contributed by atoms with Crippen molar-refractivity contribution in [2.24, 2.45) is 0 Å². The molecule has 0 spiro atoms. The van der Waals surface area contributed by atoms with Gasteiger partial charge in [-0.2, -0.15) is 0 Å². The summed E-state index contributed by atoms with van der Waals surface area (Å²) >= 11 is 0. The zero-order valence-corrected chi connectivity index (χ0v) is 16.4. The number of rotatable bonds is 9. The number of ether oxygens (including phenoxy) is 3. The first-order valence-electron chi connectivity index (χ1n) is 8.87. The standard InChI is InChI=1S/C20H22N2O7/c1-4-27-15-5-7-16(8-6-15)28-12-20(24)29-11-19(23)21-17-9-13(2)14(3)10-18(17)22(25)26/h5-10H,4,11-12H2,1-3H3,(H,21,23). The largest absolute Gasteiger partial charge is 0.494 e. The van der Waals surface area contributed by atoms with E-state index in [1.54, 1.807) is 38.1 Å². The minimum atomic E-state index is -0.747. The molecule has 154 valence electrons. The molecule has 2 aromatic carbocycles. The van der Waals surface area contributed by atoms with Gasteiger partial charge >= 0.3 is 5.97 Å². The van der Waals surface area contributed by atoms with Crippen LogP contribution in [0.4, 0.5) is 11.4 Å². The van der Waals surface area contributed by atoms with Crippen LogP contribution in [0, 0.1) is 24.0 Å². The summed E-state index contributed by atoms with van der Waals surface area (Å²) in [5.74, 6) is -0.311. The topological polar surface area (TPSA) is 117 Å². The normalized spacial score (nSPS) is 10.2. The molecule has 1 N–H and O–H groups in total. The van der Waals surface area contributed by atoms with Gasteiger partial charge in [-0.25, -0.2) is 4.79 Å². The molecule has 0 aliphatic rings. The van der Waals surface area contributed by atoms with E-state index in [1.807, 2.05) is 6.92 Å². The molecule has 0 fully saturated rings. The van der Waals surface area contributed by atoms with Crippen LogP contribution in [0.3, 0.4) is 0 Å². The predicted molar refractivity (Wildman–Crippen MR) is 105 cm³/mol. The van der Waals surface area contributed by atoms with E-state index in [1.165, 1.54) is 12.1 Å². The van der Waals surface area contributed by atoms with Crippen LogP contribution in [0.2, 0.25) is 0 Å². The molecule has 0 aliphatic carbocycles. The van der Waals surface area contributed by atoms with Crippen molar-refractivity contribution in [1.82, 2.24) is 0 Å². The van der Waals surface area contributed by atoms with E-state index in [2.05, 4.69) is 5.32 Å². The molecule has 0 radical (unpaired) electrons. The number of hydrogen-bond acceptors (Lipinski definition) is 7. The Kier molecular flexibility index (Phi) is 7.53.